The van der Waals surface area contributed by atoms with E-state index in [1.165, 1.54) is 18.2 Å². The van der Waals surface area contributed by atoms with Crippen molar-refractivity contribution in [2.45, 2.75) is 6.42 Å². The summed E-state index contributed by atoms with van der Waals surface area (Å²) < 4.78 is 13.1. The SMILES string of the molecule is O=C(CN1CCCNCC1)Nc1cc(F)cc(Cl)c1. The zero-order chi connectivity index (χ0) is 13.7. The second kappa shape index (κ2) is 6.84. The first-order valence-corrected chi connectivity index (χ1v) is 6.70. The van der Waals surface area contributed by atoms with E-state index in [0.717, 1.165) is 32.6 Å². The Bertz CT molecular complexity index is 427. The summed E-state index contributed by atoms with van der Waals surface area (Å²) in [4.78, 5) is 14.0. The molecule has 1 aliphatic rings. The molecule has 6 heteroatoms. The summed E-state index contributed by atoms with van der Waals surface area (Å²) in [6.07, 6.45) is 1.03. The summed E-state index contributed by atoms with van der Waals surface area (Å²) in [7, 11) is 0. The Balaban J connectivity index is 1.89. The predicted molar refractivity (Wildman–Crippen MR) is 74.0 cm³/mol. The lowest BCUT2D eigenvalue weighted by molar-refractivity contribution is -0.117. The zero-order valence-corrected chi connectivity index (χ0v) is 11.3. The smallest absolute Gasteiger partial charge is 0.238 e. The van der Waals surface area contributed by atoms with Crippen molar-refractivity contribution in [3.63, 3.8) is 0 Å². The summed E-state index contributed by atoms with van der Waals surface area (Å²) >= 11 is 5.74. The van der Waals surface area contributed by atoms with Crippen LogP contribution in [0.3, 0.4) is 0 Å². The number of benzene rings is 1. The van der Waals surface area contributed by atoms with E-state index in [1.807, 2.05) is 0 Å². The van der Waals surface area contributed by atoms with Gasteiger partial charge in [-0.05, 0) is 37.7 Å². The third kappa shape index (κ3) is 4.78. The Hall–Kier alpha value is -1.17. The molecule has 1 amide bonds. The zero-order valence-electron chi connectivity index (χ0n) is 10.6. The Labute approximate surface area is 116 Å². The standard InChI is InChI=1S/C13H17ClFN3O/c14-10-6-11(15)8-12(7-10)17-13(19)9-18-4-1-2-16-3-5-18/h6-8,16H,1-5,9H2,(H,17,19). The van der Waals surface area contributed by atoms with E-state index < -0.39 is 5.82 Å². The van der Waals surface area contributed by atoms with E-state index in [4.69, 9.17) is 11.6 Å². The maximum absolute atomic E-state index is 13.1. The number of nitrogens with one attached hydrogen (secondary N) is 2. The summed E-state index contributed by atoms with van der Waals surface area (Å²) in [5.41, 5.74) is 0.392. The second-order valence-corrected chi connectivity index (χ2v) is 5.02. The molecule has 4 nitrogen and oxygen atoms in total. The molecule has 104 valence electrons. The van der Waals surface area contributed by atoms with Crippen LogP contribution in [-0.2, 0) is 4.79 Å². The van der Waals surface area contributed by atoms with Crippen LogP contribution in [0.4, 0.5) is 10.1 Å². The molecule has 0 aromatic heterocycles. The molecule has 19 heavy (non-hydrogen) atoms. The van der Waals surface area contributed by atoms with Crippen LogP contribution in [0, 0.1) is 5.82 Å². The summed E-state index contributed by atoms with van der Waals surface area (Å²) in [5.74, 6) is -0.606. The molecular formula is C13H17ClFN3O. The maximum Gasteiger partial charge on any atom is 0.238 e. The number of amides is 1. The van der Waals surface area contributed by atoms with Crippen molar-refractivity contribution < 1.29 is 9.18 Å². The first kappa shape index (κ1) is 14.2. The number of anilines is 1. The highest BCUT2D eigenvalue weighted by molar-refractivity contribution is 6.30. The van der Waals surface area contributed by atoms with Crippen molar-refractivity contribution >= 4 is 23.2 Å². The van der Waals surface area contributed by atoms with Gasteiger partial charge in [-0.15, -0.1) is 0 Å². The second-order valence-electron chi connectivity index (χ2n) is 4.59. The van der Waals surface area contributed by atoms with E-state index in [0.29, 0.717) is 12.2 Å². The highest BCUT2D eigenvalue weighted by Crippen LogP contribution is 2.17. The van der Waals surface area contributed by atoms with E-state index in [9.17, 15) is 9.18 Å². The molecule has 1 aliphatic heterocycles. The number of rotatable bonds is 3. The minimum absolute atomic E-state index is 0.149. The largest absolute Gasteiger partial charge is 0.325 e. The van der Waals surface area contributed by atoms with Crippen molar-refractivity contribution in [1.29, 1.82) is 0 Å². The molecule has 1 fully saturated rings. The molecule has 1 saturated heterocycles. The van der Waals surface area contributed by atoms with Crippen LogP contribution in [-0.4, -0.2) is 43.5 Å². The van der Waals surface area contributed by atoms with Gasteiger partial charge in [-0.3, -0.25) is 9.69 Å². The lowest BCUT2D eigenvalue weighted by Crippen LogP contribution is -2.35. The Morgan fingerprint density at radius 2 is 2.21 bits per heavy atom. The normalized spacial score (nSPS) is 16.9. The quantitative estimate of drug-likeness (QED) is 0.889. The number of carbonyl (C=O) groups is 1. The highest BCUT2D eigenvalue weighted by Gasteiger charge is 2.13. The van der Waals surface area contributed by atoms with Crippen LogP contribution in [0.25, 0.3) is 0 Å². The van der Waals surface area contributed by atoms with Crippen LogP contribution in [0.15, 0.2) is 18.2 Å². The number of halogens is 2. The minimum Gasteiger partial charge on any atom is -0.325 e. The molecule has 1 aromatic rings. The van der Waals surface area contributed by atoms with Gasteiger partial charge < -0.3 is 10.6 Å². The first-order chi connectivity index (χ1) is 9.13. The van der Waals surface area contributed by atoms with Crippen molar-refractivity contribution in [1.82, 2.24) is 10.2 Å². The van der Waals surface area contributed by atoms with Gasteiger partial charge in [0.15, 0.2) is 0 Å². The van der Waals surface area contributed by atoms with Gasteiger partial charge in [0.25, 0.3) is 0 Å². The molecule has 0 unspecified atom stereocenters. The first-order valence-electron chi connectivity index (χ1n) is 6.32. The van der Waals surface area contributed by atoms with Gasteiger partial charge in [0.1, 0.15) is 5.82 Å². The van der Waals surface area contributed by atoms with Crippen LogP contribution in [0.5, 0.6) is 0 Å². The molecular weight excluding hydrogens is 269 g/mol. The van der Waals surface area contributed by atoms with Crippen LogP contribution < -0.4 is 10.6 Å². The number of hydrogen-bond acceptors (Lipinski definition) is 3. The predicted octanol–water partition coefficient (Wildman–Crippen LogP) is 1.71. The van der Waals surface area contributed by atoms with Gasteiger partial charge in [-0.1, -0.05) is 11.6 Å². The minimum atomic E-state index is -0.457. The molecule has 0 aliphatic carbocycles. The van der Waals surface area contributed by atoms with Gasteiger partial charge in [-0.2, -0.15) is 0 Å². The van der Waals surface area contributed by atoms with E-state index >= 15 is 0 Å². The van der Waals surface area contributed by atoms with E-state index in [-0.39, 0.29) is 10.9 Å². The fraction of sp³-hybridized carbons (Fsp3) is 0.462. The number of nitrogens with zero attached hydrogens (tertiary/aromatic N) is 1. The third-order valence-corrected chi connectivity index (χ3v) is 3.16. The van der Waals surface area contributed by atoms with Crippen molar-refractivity contribution in [3.8, 4) is 0 Å². The van der Waals surface area contributed by atoms with Gasteiger partial charge >= 0.3 is 0 Å². The molecule has 0 atom stereocenters. The van der Waals surface area contributed by atoms with Crippen molar-refractivity contribution in [2.24, 2.45) is 0 Å². The fourth-order valence-corrected chi connectivity index (χ4v) is 2.31. The summed E-state index contributed by atoms with van der Waals surface area (Å²) in [5, 5.41) is 6.21. The average molecular weight is 286 g/mol. The van der Waals surface area contributed by atoms with Crippen molar-refractivity contribution in [2.75, 3.05) is 38.0 Å². The molecule has 1 aromatic carbocycles. The summed E-state index contributed by atoms with van der Waals surface area (Å²) in [6, 6.07) is 4.00. The molecule has 0 spiro atoms. The molecule has 2 N–H and O–H groups in total. The lowest BCUT2D eigenvalue weighted by Gasteiger charge is -2.18. The Morgan fingerprint density at radius 3 is 3.00 bits per heavy atom. The van der Waals surface area contributed by atoms with Crippen LogP contribution in [0.1, 0.15) is 6.42 Å². The molecule has 0 bridgehead atoms. The molecule has 1 heterocycles. The summed E-state index contributed by atoms with van der Waals surface area (Å²) in [6.45, 7) is 3.92. The van der Waals surface area contributed by atoms with Crippen LogP contribution >= 0.6 is 11.6 Å². The average Bonchev–Trinajstić information content (AvgIpc) is 2.55. The molecule has 0 radical (unpaired) electrons. The number of hydrogen-bond donors (Lipinski definition) is 2. The topological polar surface area (TPSA) is 44.4 Å². The fourth-order valence-electron chi connectivity index (χ4n) is 2.09. The highest BCUT2D eigenvalue weighted by atomic mass is 35.5. The van der Waals surface area contributed by atoms with Gasteiger partial charge in [-0.25, -0.2) is 4.39 Å². The number of carbonyl (C=O) groups excluding carboxylic acids is 1. The van der Waals surface area contributed by atoms with E-state index in [1.54, 1.807) is 0 Å². The Kier molecular flexibility index (Phi) is 5.13. The Morgan fingerprint density at radius 1 is 1.37 bits per heavy atom. The van der Waals surface area contributed by atoms with E-state index in [2.05, 4.69) is 15.5 Å². The monoisotopic (exact) mass is 285 g/mol. The van der Waals surface area contributed by atoms with Crippen LogP contribution in [0.2, 0.25) is 5.02 Å². The van der Waals surface area contributed by atoms with Gasteiger partial charge in [0.05, 0.1) is 6.54 Å². The lowest BCUT2D eigenvalue weighted by atomic mass is 10.3. The maximum atomic E-state index is 13.1. The molecule has 0 saturated carbocycles. The van der Waals surface area contributed by atoms with Gasteiger partial charge in [0, 0.05) is 23.8 Å². The van der Waals surface area contributed by atoms with Crippen molar-refractivity contribution in [3.05, 3.63) is 29.0 Å². The molecule has 2 rings (SSSR count). The van der Waals surface area contributed by atoms with Gasteiger partial charge in [0.2, 0.25) is 5.91 Å². The third-order valence-electron chi connectivity index (χ3n) is 2.95.